The normalized spacial score (nSPS) is 30.1. The van der Waals surface area contributed by atoms with Crippen molar-refractivity contribution in [2.75, 3.05) is 0 Å². The topological polar surface area (TPSA) is 40.5 Å². The Balaban J connectivity index is 2.03. The average molecular weight is 269 g/mol. The summed E-state index contributed by atoms with van der Waals surface area (Å²) in [5.41, 5.74) is -0.0372. The number of hydrogen-bond donors (Lipinski definition) is 2. The third-order valence-corrected chi connectivity index (χ3v) is 4.50. The van der Waals surface area contributed by atoms with E-state index in [2.05, 4.69) is 6.92 Å². The first kappa shape index (κ1) is 13.9. The van der Waals surface area contributed by atoms with E-state index >= 15 is 0 Å². The van der Waals surface area contributed by atoms with Gasteiger partial charge in [0.15, 0.2) is 0 Å². The van der Waals surface area contributed by atoms with Gasteiger partial charge < -0.3 is 10.2 Å². The first-order valence-corrected chi connectivity index (χ1v) is 7.03. The van der Waals surface area contributed by atoms with Gasteiger partial charge >= 0.3 is 0 Å². The maximum Gasteiger partial charge on any atom is 0.0909 e. The number of aliphatic hydroxyl groups is 2. The molecule has 2 nitrogen and oxygen atoms in total. The van der Waals surface area contributed by atoms with Gasteiger partial charge in [-0.3, -0.25) is 0 Å². The second kappa shape index (κ2) is 5.60. The first-order chi connectivity index (χ1) is 8.51. The lowest BCUT2D eigenvalue weighted by Crippen LogP contribution is -2.46. The van der Waals surface area contributed by atoms with Crippen molar-refractivity contribution in [2.24, 2.45) is 5.92 Å². The molecule has 0 saturated heterocycles. The van der Waals surface area contributed by atoms with Crippen LogP contribution < -0.4 is 0 Å². The minimum Gasteiger partial charge on any atom is -0.390 e. The lowest BCUT2D eigenvalue weighted by Gasteiger charge is -2.38. The highest BCUT2D eigenvalue weighted by Crippen LogP contribution is 2.35. The van der Waals surface area contributed by atoms with Gasteiger partial charge in [0.2, 0.25) is 0 Å². The zero-order chi connectivity index (χ0) is 13.2. The molecular weight excluding hydrogens is 248 g/mol. The molecule has 1 aromatic rings. The molecule has 1 saturated carbocycles. The number of rotatable bonds is 3. The van der Waals surface area contributed by atoms with Gasteiger partial charge in [-0.05, 0) is 43.2 Å². The standard InChI is InChI=1S/C15H21ClO2/c1-11-6-8-15(18,9-7-11)14(17)10-12-4-2-3-5-13(12)16/h2-5,11,14,17-18H,6-10H2,1H3. The third kappa shape index (κ3) is 3.05. The zero-order valence-corrected chi connectivity index (χ0v) is 11.5. The maximum atomic E-state index is 10.5. The third-order valence-electron chi connectivity index (χ3n) is 4.13. The Kier molecular flexibility index (Phi) is 4.31. The predicted molar refractivity (Wildman–Crippen MR) is 73.7 cm³/mol. The summed E-state index contributed by atoms with van der Waals surface area (Å²) in [7, 11) is 0. The average Bonchev–Trinajstić information content (AvgIpc) is 2.36. The van der Waals surface area contributed by atoms with Crippen molar-refractivity contribution in [1.29, 1.82) is 0 Å². The molecule has 0 bridgehead atoms. The lowest BCUT2D eigenvalue weighted by atomic mass is 9.75. The van der Waals surface area contributed by atoms with Crippen molar-refractivity contribution in [1.82, 2.24) is 0 Å². The van der Waals surface area contributed by atoms with Gasteiger partial charge in [0.1, 0.15) is 0 Å². The van der Waals surface area contributed by atoms with Crippen LogP contribution in [0.15, 0.2) is 24.3 Å². The Labute approximate surface area is 114 Å². The van der Waals surface area contributed by atoms with Crippen LogP contribution in [0.2, 0.25) is 5.02 Å². The quantitative estimate of drug-likeness (QED) is 0.884. The van der Waals surface area contributed by atoms with Crippen LogP contribution in [0.5, 0.6) is 0 Å². The van der Waals surface area contributed by atoms with Crippen LogP contribution in [0.4, 0.5) is 0 Å². The zero-order valence-electron chi connectivity index (χ0n) is 10.8. The smallest absolute Gasteiger partial charge is 0.0909 e. The van der Waals surface area contributed by atoms with Crippen LogP contribution in [0.25, 0.3) is 0 Å². The molecule has 1 unspecified atom stereocenters. The maximum absolute atomic E-state index is 10.5. The van der Waals surface area contributed by atoms with Crippen molar-refractivity contribution < 1.29 is 10.2 Å². The van der Waals surface area contributed by atoms with Crippen molar-refractivity contribution in [3.63, 3.8) is 0 Å². The largest absolute Gasteiger partial charge is 0.390 e. The molecule has 3 heteroatoms. The lowest BCUT2D eigenvalue weighted by molar-refractivity contribution is -0.102. The fourth-order valence-electron chi connectivity index (χ4n) is 2.66. The number of aliphatic hydroxyl groups excluding tert-OH is 1. The minimum absolute atomic E-state index is 0.421. The highest BCUT2D eigenvalue weighted by atomic mass is 35.5. The van der Waals surface area contributed by atoms with Crippen LogP contribution in [0.1, 0.15) is 38.2 Å². The molecule has 0 aliphatic heterocycles. The first-order valence-electron chi connectivity index (χ1n) is 6.65. The van der Waals surface area contributed by atoms with Crippen molar-refractivity contribution in [3.8, 4) is 0 Å². The molecule has 18 heavy (non-hydrogen) atoms. The van der Waals surface area contributed by atoms with Crippen LogP contribution in [-0.2, 0) is 6.42 Å². The van der Waals surface area contributed by atoms with E-state index in [1.807, 2.05) is 24.3 Å². The summed E-state index contributed by atoms with van der Waals surface area (Å²) in [6.45, 7) is 2.19. The molecule has 100 valence electrons. The Morgan fingerprint density at radius 3 is 2.56 bits per heavy atom. The van der Waals surface area contributed by atoms with Crippen LogP contribution >= 0.6 is 11.6 Å². The SMILES string of the molecule is CC1CCC(O)(C(O)Cc2ccccc2Cl)CC1. The molecule has 1 atom stereocenters. The van der Waals surface area contributed by atoms with E-state index in [0.717, 1.165) is 18.4 Å². The summed E-state index contributed by atoms with van der Waals surface area (Å²) < 4.78 is 0. The Bertz CT molecular complexity index is 397. The summed E-state index contributed by atoms with van der Waals surface area (Å²) >= 11 is 6.08. The molecule has 2 N–H and O–H groups in total. The van der Waals surface area contributed by atoms with Gasteiger partial charge in [-0.1, -0.05) is 36.7 Å². The van der Waals surface area contributed by atoms with Gasteiger partial charge in [0.05, 0.1) is 11.7 Å². The molecule has 1 aliphatic rings. The summed E-state index contributed by atoms with van der Waals surface area (Å²) in [5.74, 6) is 0.651. The summed E-state index contributed by atoms with van der Waals surface area (Å²) in [5, 5.41) is 21.5. The Morgan fingerprint density at radius 2 is 1.94 bits per heavy atom. The Hall–Kier alpha value is -0.570. The second-order valence-electron chi connectivity index (χ2n) is 5.60. The summed E-state index contributed by atoms with van der Waals surface area (Å²) in [4.78, 5) is 0. The summed E-state index contributed by atoms with van der Waals surface area (Å²) in [6.07, 6.45) is 3.01. The van der Waals surface area contributed by atoms with Crippen molar-refractivity contribution >= 4 is 11.6 Å². The minimum atomic E-state index is -0.939. The van der Waals surface area contributed by atoms with Gasteiger partial charge in [-0.15, -0.1) is 0 Å². The van der Waals surface area contributed by atoms with E-state index < -0.39 is 11.7 Å². The van der Waals surface area contributed by atoms with E-state index in [1.54, 1.807) is 0 Å². The van der Waals surface area contributed by atoms with Crippen LogP contribution in [0, 0.1) is 5.92 Å². The Morgan fingerprint density at radius 1 is 1.33 bits per heavy atom. The molecule has 1 aliphatic carbocycles. The molecule has 0 aromatic heterocycles. The molecule has 1 aromatic carbocycles. The molecule has 2 rings (SSSR count). The molecule has 0 amide bonds. The predicted octanol–water partition coefficient (Wildman–Crippen LogP) is 3.18. The highest BCUT2D eigenvalue weighted by Gasteiger charge is 2.38. The molecular formula is C15H21ClO2. The fraction of sp³-hybridized carbons (Fsp3) is 0.600. The fourth-order valence-corrected chi connectivity index (χ4v) is 2.87. The van der Waals surface area contributed by atoms with Gasteiger partial charge in [-0.2, -0.15) is 0 Å². The van der Waals surface area contributed by atoms with Crippen molar-refractivity contribution in [2.45, 2.75) is 50.7 Å². The number of hydrogen-bond acceptors (Lipinski definition) is 2. The molecule has 0 heterocycles. The van der Waals surface area contributed by atoms with Gasteiger partial charge in [-0.25, -0.2) is 0 Å². The van der Waals surface area contributed by atoms with E-state index in [4.69, 9.17) is 11.6 Å². The van der Waals surface area contributed by atoms with Crippen molar-refractivity contribution in [3.05, 3.63) is 34.9 Å². The van der Waals surface area contributed by atoms with E-state index in [-0.39, 0.29) is 0 Å². The van der Waals surface area contributed by atoms with Crippen LogP contribution in [0.3, 0.4) is 0 Å². The van der Waals surface area contributed by atoms with E-state index in [1.165, 1.54) is 0 Å². The summed E-state index contributed by atoms with van der Waals surface area (Å²) in [6, 6.07) is 7.49. The second-order valence-corrected chi connectivity index (χ2v) is 6.00. The number of benzene rings is 1. The van der Waals surface area contributed by atoms with E-state index in [0.29, 0.717) is 30.2 Å². The monoisotopic (exact) mass is 268 g/mol. The highest BCUT2D eigenvalue weighted by molar-refractivity contribution is 6.31. The van der Waals surface area contributed by atoms with E-state index in [9.17, 15) is 10.2 Å². The van der Waals surface area contributed by atoms with Crippen LogP contribution in [-0.4, -0.2) is 21.9 Å². The van der Waals surface area contributed by atoms with Gasteiger partial charge in [0.25, 0.3) is 0 Å². The van der Waals surface area contributed by atoms with Gasteiger partial charge in [0, 0.05) is 11.4 Å². The molecule has 0 spiro atoms. The molecule has 0 radical (unpaired) electrons. The molecule has 1 fully saturated rings. The number of halogens is 1.